The summed E-state index contributed by atoms with van der Waals surface area (Å²) in [5, 5.41) is 14.5. The Morgan fingerprint density at radius 3 is 2.65 bits per heavy atom. The van der Waals surface area contributed by atoms with E-state index >= 15 is 0 Å². The molecule has 5 nitrogen and oxygen atoms in total. The van der Waals surface area contributed by atoms with E-state index in [0.717, 1.165) is 18.5 Å². The van der Waals surface area contributed by atoms with Crippen LogP contribution in [0, 0.1) is 0 Å². The maximum absolute atomic E-state index is 12.2. The molecule has 0 saturated carbocycles. The second-order valence-corrected chi connectivity index (χ2v) is 4.82. The van der Waals surface area contributed by atoms with E-state index in [1.807, 2.05) is 32.2 Å². The van der Waals surface area contributed by atoms with Gasteiger partial charge in [0.25, 0.3) is 5.91 Å². The number of carboxylic acid groups (broad SMARTS) is 1. The van der Waals surface area contributed by atoms with Crippen LogP contribution in [0.15, 0.2) is 24.3 Å². The molecule has 0 aliphatic heterocycles. The minimum atomic E-state index is -0.847. The number of likely N-dealkylation sites (N-methyl/N-ethyl adjacent to an activating group) is 1. The Bertz CT molecular complexity index is 460. The maximum Gasteiger partial charge on any atom is 0.303 e. The molecular weight excluding hydrogens is 256 g/mol. The molecule has 1 unspecified atom stereocenters. The molecule has 5 heteroatoms. The van der Waals surface area contributed by atoms with Gasteiger partial charge in [0.2, 0.25) is 0 Å². The zero-order chi connectivity index (χ0) is 15.0. The molecule has 0 saturated heterocycles. The molecule has 0 aromatic heterocycles. The van der Waals surface area contributed by atoms with Gasteiger partial charge in [0.1, 0.15) is 0 Å². The third-order valence-corrected chi connectivity index (χ3v) is 3.08. The monoisotopic (exact) mass is 278 g/mol. The van der Waals surface area contributed by atoms with Crippen LogP contribution >= 0.6 is 0 Å². The Hall–Kier alpha value is -1.88. The fourth-order valence-corrected chi connectivity index (χ4v) is 1.93. The van der Waals surface area contributed by atoms with Crippen molar-refractivity contribution in [3.63, 3.8) is 0 Å². The zero-order valence-corrected chi connectivity index (χ0v) is 12.0. The largest absolute Gasteiger partial charge is 0.481 e. The van der Waals surface area contributed by atoms with Crippen LogP contribution < -0.4 is 10.6 Å². The smallest absolute Gasteiger partial charge is 0.303 e. The van der Waals surface area contributed by atoms with Gasteiger partial charge in [-0.1, -0.05) is 18.2 Å². The van der Waals surface area contributed by atoms with Crippen molar-refractivity contribution in [2.24, 2.45) is 0 Å². The molecule has 3 N–H and O–H groups in total. The first-order valence-electron chi connectivity index (χ1n) is 6.79. The summed E-state index contributed by atoms with van der Waals surface area (Å²) in [7, 11) is 1.87. The topological polar surface area (TPSA) is 78.4 Å². The summed E-state index contributed by atoms with van der Waals surface area (Å²) in [6.45, 7) is 2.62. The standard InChI is InChI=1S/C15H22N2O3/c1-11(7-8-14(18)19)17-15(20)13-6-4-3-5-12(13)9-10-16-2/h3-6,11,16H,7-10H2,1-2H3,(H,17,20)(H,18,19). The number of amides is 1. The van der Waals surface area contributed by atoms with Crippen LogP contribution in [-0.2, 0) is 11.2 Å². The summed E-state index contributed by atoms with van der Waals surface area (Å²) in [6.07, 6.45) is 1.27. The quantitative estimate of drug-likeness (QED) is 0.672. The molecule has 1 rings (SSSR count). The van der Waals surface area contributed by atoms with Gasteiger partial charge in [0.05, 0.1) is 0 Å². The first kappa shape index (κ1) is 16.2. The predicted molar refractivity (Wildman–Crippen MR) is 77.9 cm³/mol. The van der Waals surface area contributed by atoms with Gasteiger partial charge >= 0.3 is 5.97 Å². The second-order valence-electron chi connectivity index (χ2n) is 4.82. The lowest BCUT2D eigenvalue weighted by Crippen LogP contribution is -2.33. The van der Waals surface area contributed by atoms with Gasteiger partial charge in [-0.2, -0.15) is 0 Å². The van der Waals surface area contributed by atoms with Crippen molar-refractivity contribution in [2.45, 2.75) is 32.2 Å². The Balaban J connectivity index is 2.64. The van der Waals surface area contributed by atoms with E-state index in [4.69, 9.17) is 5.11 Å². The van der Waals surface area contributed by atoms with Crippen molar-refractivity contribution in [3.8, 4) is 0 Å². The first-order chi connectivity index (χ1) is 9.54. The third-order valence-electron chi connectivity index (χ3n) is 3.08. The first-order valence-corrected chi connectivity index (χ1v) is 6.79. The highest BCUT2D eigenvalue weighted by Gasteiger charge is 2.13. The van der Waals surface area contributed by atoms with Crippen LogP contribution in [0.5, 0.6) is 0 Å². The highest BCUT2D eigenvalue weighted by molar-refractivity contribution is 5.95. The molecule has 0 radical (unpaired) electrons. The number of carbonyl (C=O) groups is 2. The van der Waals surface area contributed by atoms with Gasteiger partial charge in [-0.05, 0) is 45.0 Å². The van der Waals surface area contributed by atoms with Crippen LogP contribution in [-0.4, -0.2) is 36.6 Å². The zero-order valence-electron chi connectivity index (χ0n) is 12.0. The normalized spacial score (nSPS) is 11.9. The highest BCUT2D eigenvalue weighted by Crippen LogP contribution is 2.10. The van der Waals surface area contributed by atoms with E-state index in [1.54, 1.807) is 6.07 Å². The average Bonchev–Trinajstić information content (AvgIpc) is 2.43. The van der Waals surface area contributed by atoms with Crippen LogP contribution in [0.4, 0.5) is 0 Å². The number of benzene rings is 1. The number of hydrogen-bond acceptors (Lipinski definition) is 3. The molecule has 1 atom stereocenters. The van der Waals surface area contributed by atoms with Gasteiger partial charge in [-0.15, -0.1) is 0 Å². The van der Waals surface area contributed by atoms with Gasteiger partial charge in [0.15, 0.2) is 0 Å². The summed E-state index contributed by atoms with van der Waals surface area (Å²) in [5.74, 6) is -0.991. The number of carbonyl (C=O) groups excluding carboxylic acids is 1. The molecule has 0 aliphatic rings. The van der Waals surface area contributed by atoms with E-state index in [-0.39, 0.29) is 18.4 Å². The van der Waals surface area contributed by atoms with E-state index in [2.05, 4.69) is 10.6 Å². The van der Waals surface area contributed by atoms with Crippen LogP contribution in [0.3, 0.4) is 0 Å². The average molecular weight is 278 g/mol. The number of nitrogens with one attached hydrogen (secondary N) is 2. The van der Waals surface area contributed by atoms with E-state index in [1.165, 1.54) is 0 Å². The van der Waals surface area contributed by atoms with E-state index in [9.17, 15) is 9.59 Å². The molecular formula is C15H22N2O3. The van der Waals surface area contributed by atoms with Gasteiger partial charge in [-0.3, -0.25) is 9.59 Å². The molecule has 20 heavy (non-hydrogen) atoms. The van der Waals surface area contributed by atoms with Crippen molar-refractivity contribution in [2.75, 3.05) is 13.6 Å². The van der Waals surface area contributed by atoms with Crippen LogP contribution in [0.2, 0.25) is 0 Å². The van der Waals surface area contributed by atoms with E-state index < -0.39 is 5.97 Å². The van der Waals surface area contributed by atoms with Crippen molar-refractivity contribution in [3.05, 3.63) is 35.4 Å². The minimum Gasteiger partial charge on any atom is -0.481 e. The second kappa shape index (κ2) is 8.32. The fourth-order valence-electron chi connectivity index (χ4n) is 1.93. The Morgan fingerprint density at radius 2 is 2.00 bits per heavy atom. The molecule has 1 amide bonds. The Labute approximate surface area is 119 Å². The fraction of sp³-hybridized carbons (Fsp3) is 0.467. The molecule has 0 aliphatic carbocycles. The van der Waals surface area contributed by atoms with Crippen molar-refractivity contribution in [1.29, 1.82) is 0 Å². The van der Waals surface area contributed by atoms with Crippen LogP contribution in [0.1, 0.15) is 35.7 Å². The molecule has 0 fully saturated rings. The number of hydrogen-bond donors (Lipinski definition) is 3. The lowest BCUT2D eigenvalue weighted by molar-refractivity contribution is -0.137. The molecule has 1 aromatic rings. The lowest BCUT2D eigenvalue weighted by atomic mass is 10.0. The maximum atomic E-state index is 12.2. The highest BCUT2D eigenvalue weighted by atomic mass is 16.4. The number of rotatable bonds is 8. The van der Waals surface area contributed by atoms with Gasteiger partial charge in [-0.25, -0.2) is 0 Å². The van der Waals surface area contributed by atoms with Crippen molar-refractivity contribution in [1.82, 2.24) is 10.6 Å². The number of aliphatic carboxylic acids is 1. The molecule has 0 heterocycles. The Morgan fingerprint density at radius 1 is 1.30 bits per heavy atom. The van der Waals surface area contributed by atoms with Gasteiger partial charge < -0.3 is 15.7 Å². The Kier molecular flexibility index (Phi) is 6.73. The molecule has 1 aromatic carbocycles. The molecule has 110 valence electrons. The third kappa shape index (κ3) is 5.40. The number of carboxylic acids is 1. The summed E-state index contributed by atoms with van der Waals surface area (Å²) >= 11 is 0. The summed E-state index contributed by atoms with van der Waals surface area (Å²) in [5.41, 5.74) is 1.65. The van der Waals surface area contributed by atoms with E-state index in [0.29, 0.717) is 12.0 Å². The van der Waals surface area contributed by atoms with Crippen molar-refractivity contribution >= 4 is 11.9 Å². The van der Waals surface area contributed by atoms with Crippen LogP contribution in [0.25, 0.3) is 0 Å². The predicted octanol–water partition coefficient (Wildman–Crippen LogP) is 1.43. The molecule has 0 spiro atoms. The minimum absolute atomic E-state index is 0.0584. The van der Waals surface area contributed by atoms with Crippen molar-refractivity contribution < 1.29 is 14.7 Å². The lowest BCUT2D eigenvalue weighted by Gasteiger charge is -2.15. The summed E-state index contributed by atoms with van der Waals surface area (Å²) in [4.78, 5) is 22.7. The summed E-state index contributed by atoms with van der Waals surface area (Å²) < 4.78 is 0. The molecule has 0 bridgehead atoms. The SMILES string of the molecule is CNCCc1ccccc1C(=O)NC(C)CCC(=O)O. The van der Waals surface area contributed by atoms with Gasteiger partial charge in [0, 0.05) is 18.0 Å². The summed E-state index contributed by atoms with van der Waals surface area (Å²) in [6, 6.07) is 7.32.